The van der Waals surface area contributed by atoms with Crippen LogP contribution in [-0.4, -0.2) is 45.4 Å². The number of hydrogen-bond donors (Lipinski definition) is 2. The first kappa shape index (κ1) is 20.1. The third-order valence-corrected chi connectivity index (χ3v) is 6.04. The van der Waals surface area contributed by atoms with Crippen LogP contribution in [0.5, 0.6) is 5.75 Å². The maximum absolute atomic E-state index is 12.9. The number of aliphatic hydroxyl groups is 1. The number of aliphatic hydroxyl groups excluding tert-OH is 1. The Morgan fingerprint density at radius 2 is 1.90 bits per heavy atom. The summed E-state index contributed by atoms with van der Waals surface area (Å²) in [5, 5.41) is 29.7. The Bertz CT molecular complexity index is 917. The smallest absolute Gasteiger partial charge is 0.416 e. The number of piperidine rings is 1. The number of benzene rings is 1. The van der Waals surface area contributed by atoms with Gasteiger partial charge in [-0.25, -0.2) is 0 Å². The van der Waals surface area contributed by atoms with Crippen LogP contribution in [0.25, 0.3) is 11.3 Å². The van der Waals surface area contributed by atoms with E-state index >= 15 is 0 Å². The van der Waals surface area contributed by atoms with Gasteiger partial charge in [0.1, 0.15) is 17.5 Å². The lowest BCUT2D eigenvalue weighted by Gasteiger charge is -2.33. The first-order valence-electron chi connectivity index (χ1n) is 9.91. The fourth-order valence-corrected chi connectivity index (χ4v) is 4.56. The molecule has 5 nitrogen and oxygen atoms in total. The van der Waals surface area contributed by atoms with E-state index < -0.39 is 23.6 Å². The van der Waals surface area contributed by atoms with Crippen LogP contribution in [-0.2, 0) is 19.0 Å². The van der Waals surface area contributed by atoms with Crippen molar-refractivity contribution in [2.24, 2.45) is 5.92 Å². The van der Waals surface area contributed by atoms with Gasteiger partial charge in [-0.2, -0.15) is 18.3 Å². The molecule has 2 aromatic rings. The number of nitrogens with zero attached hydrogens (tertiary/aromatic N) is 3. The zero-order valence-corrected chi connectivity index (χ0v) is 16.2. The van der Waals surface area contributed by atoms with Crippen molar-refractivity contribution in [3.05, 3.63) is 40.6 Å². The van der Waals surface area contributed by atoms with E-state index in [1.54, 1.807) is 0 Å². The van der Waals surface area contributed by atoms with Gasteiger partial charge < -0.3 is 15.1 Å². The van der Waals surface area contributed by atoms with E-state index in [4.69, 9.17) is 0 Å². The molecule has 0 bridgehead atoms. The van der Waals surface area contributed by atoms with E-state index in [1.165, 1.54) is 6.07 Å². The number of fused-ring (bicyclic) bond motifs is 1. The van der Waals surface area contributed by atoms with Crippen molar-refractivity contribution in [1.29, 1.82) is 0 Å². The molecule has 1 fully saturated rings. The Balaban J connectivity index is 1.70. The molecule has 2 atom stereocenters. The molecule has 0 radical (unpaired) electrons. The second-order valence-electron chi connectivity index (χ2n) is 8.08. The molecule has 1 aromatic carbocycles. The molecule has 1 saturated heterocycles. The Labute approximate surface area is 167 Å². The summed E-state index contributed by atoms with van der Waals surface area (Å²) in [5.74, 6) is -0.386. The van der Waals surface area contributed by atoms with Crippen LogP contribution in [0.1, 0.15) is 47.8 Å². The molecule has 0 amide bonds. The summed E-state index contributed by atoms with van der Waals surface area (Å²) in [6, 6.07) is 2.91. The van der Waals surface area contributed by atoms with Crippen LogP contribution >= 0.6 is 0 Å². The Morgan fingerprint density at radius 3 is 2.59 bits per heavy atom. The summed E-state index contributed by atoms with van der Waals surface area (Å²) in [4.78, 5) is 2.19. The van der Waals surface area contributed by atoms with Crippen molar-refractivity contribution in [3.63, 3.8) is 0 Å². The minimum Gasteiger partial charge on any atom is -0.507 e. The highest BCUT2D eigenvalue weighted by Gasteiger charge is 2.34. The van der Waals surface area contributed by atoms with Gasteiger partial charge in [0.25, 0.3) is 0 Å². The molecule has 2 heterocycles. The highest BCUT2D eigenvalue weighted by molar-refractivity contribution is 5.71. The third kappa shape index (κ3) is 3.83. The summed E-state index contributed by atoms with van der Waals surface area (Å²) >= 11 is 0. The summed E-state index contributed by atoms with van der Waals surface area (Å²) in [5.41, 5.74) is 2.11. The number of phenolic OH excluding ortho intramolecular Hbond substituents is 1. The molecule has 1 aromatic heterocycles. The predicted molar refractivity (Wildman–Crippen MR) is 101 cm³/mol. The fraction of sp³-hybridized carbons (Fsp3) is 0.524. The number of hydrogen-bond acceptors (Lipinski definition) is 5. The fourth-order valence-electron chi connectivity index (χ4n) is 4.56. The lowest BCUT2D eigenvalue weighted by Crippen LogP contribution is -2.35. The molecule has 156 valence electrons. The maximum Gasteiger partial charge on any atom is 0.416 e. The van der Waals surface area contributed by atoms with Gasteiger partial charge in [-0.3, -0.25) is 0 Å². The van der Waals surface area contributed by atoms with Crippen molar-refractivity contribution < 1.29 is 23.4 Å². The highest BCUT2D eigenvalue weighted by atomic mass is 19.4. The summed E-state index contributed by atoms with van der Waals surface area (Å²) < 4.78 is 38.7. The molecular formula is C21H24F3N3O2. The van der Waals surface area contributed by atoms with Crippen molar-refractivity contribution in [2.75, 3.05) is 20.1 Å². The number of phenols is 1. The van der Waals surface area contributed by atoms with Crippen LogP contribution in [0.3, 0.4) is 0 Å². The van der Waals surface area contributed by atoms with Gasteiger partial charge in [-0.15, -0.1) is 5.10 Å². The predicted octanol–water partition coefficient (Wildman–Crippen LogP) is 3.73. The van der Waals surface area contributed by atoms with Crippen molar-refractivity contribution in [1.82, 2.24) is 15.1 Å². The lowest BCUT2D eigenvalue weighted by atomic mass is 9.88. The number of alkyl halides is 3. The normalized spacial score (nSPS) is 21.2. The molecule has 1 aliphatic carbocycles. The molecule has 2 N–H and O–H groups in total. The summed E-state index contributed by atoms with van der Waals surface area (Å²) in [6.45, 7) is 1.80. The monoisotopic (exact) mass is 407 g/mol. The Kier molecular flexibility index (Phi) is 5.25. The van der Waals surface area contributed by atoms with Gasteiger partial charge in [0.15, 0.2) is 0 Å². The Hall–Kier alpha value is -2.19. The van der Waals surface area contributed by atoms with E-state index in [9.17, 15) is 23.4 Å². The maximum atomic E-state index is 12.9. The van der Waals surface area contributed by atoms with Gasteiger partial charge in [0.2, 0.25) is 0 Å². The zero-order chi connectivity index (χ0) is 20.8. The largest absolute Gasteiger partial charge is 0.507 e. The minimum atomic E-state index is -4.52. The number of rotatable bonds is 3. The van der Waals surface area contributed by atoms with Gasteiger partial charge >= 0.3 is 6.18 Å². The van der Waals surface area contributed by atoms with E-state index in [2.05, 4.69) is 15.1 Å². The molecule has 4 rings (SSSR count). The third-order valence-electron chi connectivity index (χ3n) is 6.04. The van der Waals surface area contributed by atoms with Crippen LogP contribution in [0.4, 0.5) is 13.2 Å². The Morgan fingerprint density at radius 1 is 1.14 bits per heavy atom. The lowest BCUT2D eigenvalue weighted by molar-refractivity contribution is -0.137. The molecule has 8 heteroatoms. The highest BCUT2D eigenvalue weighted by Crippen LogP contribution is 2.41. The summed E-state index contributed by atoms with van der Waals surface area (Å²) in [7, 11) is 2.03. The topological polar surface area (TPSA) is 69.5 Å². The second-order valence-corrected chi connectivity index (χ2v) is 8.08. The van der Waals surface area contributed by atoms with E-state index in [-0.39, 0.29) is 11.5 Å². The van der Waals surface area contributed by atoms with Crippen LogP contribution in [0.15, 0.2) is 18.2 Å². The average Bonchev–Trinajstić information content (AvgIpc) is 3.16. The van der Waals surface area contributed by atoms with Gasteiger partial charge in [0.05, 0.1) is 11.3 Å². The number of aromatic hydroxyl groups is 1. The van der Waals surface area contributed by atoms with Crippen LogP contribution in [0, 0.1) is 5.92 Å². The quantitative estimate of drug-likeness (QED) is 0.812. The van der Waals surface area contributed by atoms with E-state index in [1.807, 2.05) is 7.05 Å². The van der Waals surface area contributed by atoms with Gasteiger partial charge in [0, 0.05) is 18.0 Å². The molecular weight excluding hydrogens is 383 g/mol. The first-order valence-corrected chi connectivity index (χ1v) is 9.91. The van der Waals surface area contributed by atoms with Crippen molar-refractivity contribution >= 4 is 0 Å². The van der Waals surface area contributed by atoms with Gasteiger partial charge in [-0.05, 0) is 75.0 Å². The molecule has 0 spiro atoms. The first-order chi connectivity index (χ1) is 13.8. The number of halogens is 3. The summed E-state index contributed by atoms with van der Waals surface area (Å²) in [6.07, 6.45) is -0.993. The standard InChI is InChI=1S/C21H24F3N3O2/c1-27-9-3-4-12(11-27)20(29)19-15-6-2-5-14(15)18(25-26-19)16-8-7-13(10-17(16)28)21(22,23)24/h7-8,10,12,20,28-29H,2-6,9,11H2,1H3/t12-,20-/m0/s1. The minimum absolute atomic E-state index is 0.0815. The number of aromatic nitrogens is 2. The van der Waals surface area contributed by atoms with Crippen LogP contribution < -0.4 is 0 Å². The van der Waals surface area contributed by atoms with Gasteiger partial charge in [-0.1, -0.05) is 0 Å². The van der Waals surface area contributed by atoms with Crippen LogP contribution in [0.2, 0.25) is 0 Å². The molecule has 2 aliphatic rings. The SMILES string of the molecule is CN1CCC[C@H]([C@H](O)c2nnc(-c3ccc(C(F)(F)F)cc3O)c3c2CCC3)C1. The molecule has 0 saturated carbocycles. The van der Waals surface area contributed by atoms with E-state index in [0.717, 1.165) is 62.0 Å². The second kappa shape index (κ2) is 7.57. The average molecular weight is 407 g/mol. The van der Waals surface area contributed by atoms with E-state index in [0.29, 0.717) is 17.8 Å². The molecule has 0 unspecified atom stereocenters. The van der Waals surface area contributed by atoms with Crippen molar-refractivity contribution in [2.45, 2.75) is 44.4 Å². The molecule has 1 aliphatic heterocycles. The zero-order valence-electron chi connectivity index (χ0n) is 16.2. The molecule has 29 heavy (non-hydrogen) atoms. The number of likely N-dealkylation sites (tertiary alicyclic amines) is 1. The van der Waals surface area contributed by atoms with Crippen molar-refractivity contribution in [3.8, 4) is 17.0 Å².